The van der Waals surface area contributed by atoms with Crippen molar-refractivity contribution in [2.45, 2.75) is 13.5 Å². The number of amides is 4. The molecule has 6 nitrogen and oxygen atoms in total. The summed E-state index contributed by atoms with van der Waals surface area (Å²) in [6.45, 7) is 2.15. The number of barbiturate groups is 1. The van der Waals surface area contributed by atoms with Gasteiger partial charge in [-0.15, -0.1) is 0 Å². The van der Waals surface area contributed by atoms with Gasteiger partial charge in [0.2, 0.25) is 0 Å². The first-order valence-corrected chi connectivity index (χ1v) is 10.2. The Morgan fingerprint density at radius 2 is 1.62 bits per heavy atom. The van der Waals surface area contributed by atoms with E-state index in [9.17, 15) is 14.4 Å². The average molecular weight is 447 g/mol. The van der Waals surface area contributed by atoms with Crippen molar-refractivity contribution < 1.29 is 19.1 Å². The van der Waals surface area contributed by atoms with Crippen LogP contribution in [0.15, 0.2) is 78.4 Å². The van der Waals surface area contributed by atoms with Crippen LogP contribution >= 0.6 is 11.6 Å². The molecular weight excluding hydrogens is 428 g/mol. The SMILES string of the molecule is Cc1ccccc1/C=C1\C(=O)NC(=O)N(c2ccc(OCc3ccccc3Cl)cc2)C1=O. The molecule has 0 saturated carbocycles. The van der Waals surface area contributed by atoms with Gasteiger partial charge in [0.15, 0.2) is 0 Å². The minimum Gasteiger partial charge on any atom is -0.489 e. The zero-order valence-electron chi connectivity index (χ0n) is 17.2. The summed E-state index contributed by atoms with van der Waals surface area (Å²) in [5.41, 5.74) is 2.68. The number of carbonyl (C=O) groups is 3. The van der Waals surface area contributed by atoms with Crippen LogP contribution in [0.25, 0.3) is 6.08 Å². The highest BCUT2D eigenvalue weighted by Crippen LogP contribution is 2.26. The number of halogens is 1. The van der Waals surface area contributed by atoms with Crippen LogP contribution in [0.1, 0.15) is 16.7 Å². The van der Waals surface area contributed by atoms with Gasteiger partial charge in [-0.2, -0.15) is 0 Å². The monoisotopic (exact) mass is 446 g/mol. The molecule has 1 fully saturated rings. The fraction of sp³-hybridized carbons (Fsp3) is 0.0800. The molecule has 0 aromatic heterocycles. The molecule has 0 bridgehead atoms. The van der Waals surface area contributed by atoms with Crippen molar-refractivity contribution in [3.8, 4) is 5.75 Å². The Hall–Kier alpha value is -3.90. The van der Waals surface area contributed by atoms with E-state index >= 15 is 0 Å². The second-order valence-corrected chi connectivity index (χ2v) is 7.60. The zero-order chi connectivity index (χ0) is 22.7. The van der Waals surface area contributed by atoms with Gasteiger partial charge in [0.05, 0.1) is 5.69 Å². The second-order valence-electron chi connectivity index (χ2n) is 7.19. The molecule has 32 heavy (non-hydrogen) atoms. The van der Waals surface area contributed by atoms with Crippen LogP contribution in [0.4, 0.5) is 10.5 Å². The Morgan fingerprint density at radius 1 is 0.938 bits per heavy atom. The Labute approximate surface area is 190 Å². The third-order valence-corrected chi connectivity index (χ3v) is 5.41. The Morgan fingerprint density at radius 3 is 2.34 bits per heavy atom. The first-order chi connectivity index (χ1) is 15.4. The molecule has 1 aliphatic rings. The summed E-state index contributed by atoms with van der Waals surface area (Å²) >= 11 is 6.14. The first kappa shape index (κ1) is 21.3. The lowest BCUT2D eigenvalue weighted by molar-refractivity contribution is -0.122. The van der Waals surface area contributed by atoms with Crippen LogP contribution in [-0.4, -0.2) is 17.8 Å². The predicted octanol–water partition coefficient (Wildman–Crippen LogP) is 4.89. The van der Waals surface area contributed by atoms with E-state index < -0.39 is 17.8 Å². The largest absolute Gasteiger partial charge is 0.489 e. The molecule has 0 atom stereocenters. The molecular formula is C25H19ClN2O4. The van der Waals surface area contributed by atoms with E-state index in [-0.39, 0.29) is 12.2 Å². The molecule has 4 rings (SSSR count). The summed E-state index contributed by atoms with van der Waals surface area (Å²) in [5, 5.41) is 2.84. The molecule has 1 saturated heterocycles. The standard InChI is InChI=1S/C25H19ClN2O4/c1-16-6-2-3-7-17(16)14-21-23(29)27-25(31)28(24(21)30)19-10-12-20(13-11-19)32-15-18-8-4-5-9-22(18)26/h2-14H,15H2,1H3,(H,27,29,31)/b21-14+. The number of imide groups is 2. The number of anilines is 1. The fourth-order valence-electron chi connectivity index (χ4n) is 3.26. The van der Waals surface area contributed by atoms with Gasteiger partial charge in [0.1, 0.15) is 17.9 Å². The van der Waals surface area contributed by atoms with Crippen molar-refractivity contribution in [1.29, 1.82) is 0 Å². The topological polar surface area (TPSA) is 75.7 Å². The number of hydrogen-bond acceptors (Lipinski definition) is 4. The van der Waals surface area contributed by atoms with E-state index in [1.54, 1.807) is 36.4 Å². The summed E-state index contributed by atoms with van der Waals surface area (Å²) in [4.78, 5) is 38.7. The van der Waals surface area contributed by atoms with Gasteiger partial charge in [0.25, 0.3) is 11.8 Å². The lowest BCUT2D eigenvalue weighted by Crippen LogP contribution is -2.54. The lowest BCUT2D eigenvalue weighted by Gasteiger charge is -2.26. The number of rotatable bonds is 5. The fourth-order valence-corrected chi connectivity index (χ4v) is 3.45. The highest BCUT2D eigenvalue weighted by atomic mass is 35.5. The van der Waals surface area contributed by atoms with Crippen molar-refractivity contribution >= 4 is 41.2 Å². The molecule has 7 heteroatoms. The number of nitrogens with zero attached hydrogens (tertiary/aromatic N) is 1. The van der Waals surface area contributed by atoms with E-state index in [4.69, 9.17) is 16.3 Å². The maximum absolute atomic E-state index is 13.0. The minimum atomic E-state index is -0.799. The van der Waals surface area contributed by atoms with Gasteiger partial charge in [-0.1, -0.05) is 54.1 Å². The number of nitrogens with one attached hydrogen (secondary N) is 1. The van der Waals surface area contributed by atoms with E-state index in [0.29, 0.717) is 16.5 Å². The van der Waals surface area contributed by atoms with Crippen molar-refractivity contribution in [2.75, 3.05) is 4.90 Å². The molecule has 0 radical (unpaired) electrons. The summed E-state index contributed by atoms with van der Waals surface area (Å²) < 4.78 is 5.75. The number of carbonyl (C=O) groups excluding carboxylic acids is 3. The minimum absolute atomic E-state index is 0.113. The number of urea groups is 1. The summed E-state index contributed by atoms with van der Waals surface area (Å²) in [7, 11) is 0. The molecule has 160 valence electrons. The van der Waals surface area contributed by atoms with Crippen molar-refractivity contribution in [3.63, 3.8) is 0 Å². The molecule has 0 aliphatic carbocycles. The van der Waals surface area contributed by atoms with Crippen LogP contribution in [0.3, 0.4) is 0 Å². The molecule has 0 spiro atoms. The van der Waals surface area contributed by atoms with Crippen molar-refractivity contribution in [1.82, 2.24) is 5.32 Å². The van der Waals surface area contributed by atoms with E-state index in [2.05, 4.69) is 5.32 Å². The molecule has 3 aromatic rings. The maximum atomic E-state index is 13.0. The van der Waals surface area contributed by atoms with Crippen molar-refractivity contribution in [3.05, 3.63) is 100 Å². The maximum Gasteiger partial charge on any atom is 0.335 e. The molecule has 0 unspecified atom stereocenters. The van der Waals surface area contributed by atoms with Crippen LogP contribution in [0, 0.1) is 6.92 Å². The Kier molecular flexibility index (Phi) is 6.05. The van der Waals surface area contributed by atoms with Gasteiger partial charge in [-0.05, 0) is 54.5 Å². The van der Waals surface area contributed by atoms with Gasteiger partial charge >= 0.3 is 6.03 Å². The summed E-state index contributed by atoms with van der Waals surface area (Å²) in [6, 6.07) is 20.4. The third-order valence-electron chi connectivity index (χ3n) is 5.04. The quantitative estimate of drug-likeness (QED) is 0.447. The highest BCUT2D eigenvalue weighted by molar-refractivity contribution is 6.39. The second kappa shape index (κ2) is 9.08. The van der Waals surface area contributed by atoms with Crippen LogP contribution in [0.2, 0.25) is 5.02 Å². The summed E-state index contributed by atoms with van der Waals surface area (Å²) in [5.74, 6) is -0.865. The molecule has 4 amide bonds. The summed E-state index contributed by atoms with van der Waals surface area (Å²) in [6.07, 6.45) is 1.49. The van der Waals surface area contributed by atoms with E-state index in [0.717, 1.165) is 21.6 Å². The van der Waals surface area contributed by atoms with Gasteiger partial charge in [-0.25, -0.2) is 9.69 Å². The zero-order valence-corrected chi connectivity index (χ0v) is 17.9. The van der Waals surface area contributed by atoms with E-state index in [1.165, 1.54) is 6.08 Å². The molecule has 1 heterocycles. The smallest absolute Gasteiger partial charge is 0.335 e. The third kappa shape index (κ3) is 4.40. The molecule has 1 N–H and O–H groups in total. The molecule has 1 aliphatic heterocycles. The predicted molar refractivity (Wildman–Crippen MR) is 122 cm³/mol. The number of aryl methyl sites for hydroxylation is 1. The van der Waals surface area contributed by atoms with E-state index in [1.807, 2.05) is 43.3 Å². The van der Waals surface area contributed by atoms with Crippen LogP contribution < -0.4 is 15.0 Å². The van der Waals surface area contributed by atoms with Gasteiger partial charge in [-0.3, -0.25) is 14.9 Å². The van der Waals surface area contributed by atoms with Crippen LogP contribution in [-0.2, 0) is 16.2 Å². The van der Waals surface area contributed by atoms with Crippen LogP contribution in [0.5, 0.6) is 5.75 Å². The highest BCUT2D eigenvalue weighted by Gasteiger charge is 2.36. The normalized spacial score (nSPS) is 15.1. The average Bonchev–Trinajstić information content (AvgIpc) is 2.78. The number of benzene rings is 3. The first-order valence-electron chi connectivity index (χ1n) is 9.87. The Bertz CT molecular complexity index is 1230. The number of ether oxygens (including phenoxy) is 1. The molecule has 3 aromatic carbocycles. The van der Waals surface area contributed by atoms with Crippen molar-refractivity contribution in [2.24, 2.45) is 0 Å². The Balaban J connectivity index is 1.55. The van der Waals surface area contributed by atoms with Gasteiger partial charge in [0, 0.05) is 10.6 Å². The lowest BCUT2D eigenvalue weighted by atomic mass is 10.0. The number of hydrogen-bond donors (Lipinski definition) is 1. The van der Waals surface area contributed by atoms with Gasteiger partial charge < -0.3 is 4.74 Å².